The molecule has 4 saturated carbocycles. The maximum atomic E-state index is 14.9. The summed E-state index contributed by atoms with van der Waals surface area (Å²) in [5.74, 6) is 2.72. The van der Waals surface area contributed by atoms with Gasteiger partial charge in [0, 0.05) is 5.92 Å². The summed E-state index contributed by atoms with van der Waals surface area (Å²) in [5.41, 5.74) is -1.63. The molecule has 2 aliphatic heterocycles. The molecule has 0 aromatic heterocycles. The molecular formula is C42H66N2O16+2. The number of aliphatic hydroxyl groups is 5. The fourth-order valence-electron chi connectivity index (χ4n) is 13.5. The van der Waals surface area contributed by atoms with Crippen LogP contribution < -0.4 is 11.8 Å². The second-order valence-electron chi connectivity index (χ2n) is 20.9. The number of quaternary nitrogens is 2. The molecule has 0 bridgehead atoms. The molecule has 18 heteroatoms. The topological polar surface area (TPSA) is 300 Å². The summed E-state index contributed by atoms with van der Waals surface area (Å²) < 4.78 is 23.6. The first-order chi connectivity index (χ1) is 27.8. The van der Waals surface area contributed by atoms with Crippen LogP contribution in [-0.2, 0) is 47.8 Å². The van der Waals surface area contributed by atoms with Crippen molar-refractivity contribution in [3.63, 3.8) is 0 Å². The van der Waals surface area contributed by atoms with Gasteiger partial charge in [-0.3, -0.25) is 19.3 Å². The maximum Gasteiger partial charge on any atom is 0.397 e. The van der Waals surface area contributed by atoms with Gasteiger partial charge < -0.3 is 49.6 Å². The third-order valence-electron chi connectivity index (χ3n) is 17.5. The highest BCUT2D eigenvalue weighted by molar-refractivity contribution is 5.95. The SMILES string of the molecule is CC1(C)[C@@H](O[C@@H]2O[C@H](C(=O)O[NH3+])[C@@H](O)[C@H](O[C@H]3O[C@H](C(=O)O[NH3+])[C@@H](O)[C@H](O)[C@H]3O)[C@H]2O)CC[C@]2(C)[C@H]3C(=O)C=C4[C@@H]5C[C@@](C)(C(=O)O)CC[C@]5(C)CC[C@@]4(C)[C@]3(C)CC[C@@H]12. The van der Waals surface area contributed by atoms with E-state index in [9.17, 15) is 49.8 Å². The molecule has 0 radical (unpaired) electrons. The van der Waals surface area contributed by atoms with E-state index in [0.29, 0.717) is 25.7 Å². The van der Waals surface area contributed by atoms with Crippen LogP contribution in [0.5, 0.6) is 0 Å². The van der Waals surface area contributed by atoms with Crippen molar-refractivity contribution in [1.82, 2.24) is 0 Å². The summed E-state index contributed by atoms with van der Waals surface area (Å²) in [7, 11) is 0. The molecule has 7 rings (SSSR count). The molecule has 5 aliphatic carbocycles. The lowest BCUT2D eigenvalue weighted by molar-refractivity contribution is -0.659. The molecule has 2 heterocycles. The highest BCUT2D eigenvalue weighted by Crippen LogP contribution is 2.75. The number of ether oxygens (including phenoxy) is 4. The number of rotatable bonds is 7. The largest absolute Gasteiger partial charge is 0.481 e. The van der Waals surface area contributed by atoms with E-state index in [1.54, 1.807) is 0 Å². The molecule has 12 N–H and O–H groups in total. The van der Waals surface area contributed by atoms with Crippen molar-refractivity contribution in [2.45, 2.75) is 174 Å². The summed E-state index contributed by atoms with van der Waals surface area (Å²) >= 11 is 0. The Hall–Kier alpha value is -2.62. The van der Waals surface area contributed by atoms with Gasteiger partial charge in [0.15, 0.2) is 30.6 Å². The monoisotopic (exact) mass is 854 g/mol. The number of allylic oxidation sites excluding steroid dienone is 2. The zero-order chi connectivity index (χ0) is 44.3. The molecular weight excluding hydrogens is 788 g/mol. The van der Waals surface area contributed by atoms with Crippen molar-refractivity contribution in [3.8, 4) is 0 Å². The Kier molecular flexibility index (Phi) is 11.6. The van der Waals surface area contributed by atoms with Crippen LogP contribution in [0.3, 0.4) is 0 Å². The average molecular weight is 855 g/mol. The number of aliphatic hydroxyl groups excluding tert-OH is 5. The van der Waals surface area contributed by atoms with Gasteiger partial charge in [0.1, 0.15) is 36.6 Å². The van der Waals surface area contributed by atoms with Crippen molar-refractivity contribution in [1.29, 1.82) is 0 Å². The zero-order valence-electron chi connectivity index (χ0n) is 35.7. The molecule has 6 fully saturated rings. The minimum absolute atomic E-state index is 0.00653. The van der Waals surface area contributed by atoms with E-state index in [2.05, 4.69) is 63.0 Å². The van der Waals surface area contributed by atoms with Crippen molar-refractivity contribution >= 4 is 23.7 Å². The standard InChI is InChI=1S/C42H65N2O16/c1-37(2)21-8-11-42(7)31(20(45)16-18-19-17-39(4,36(53)54)13-12-38(19,3)14-15-41(18,42)6)40(21,5)10-9-22(37)55-35-27(50)28(26(49)30(58-35)33(52)60-44)56-34-25(48)23(46)24(47)29(57-34)32(51)59-43/h16,19,21-31,34-35,46-50H,8-15,17H2,1-7,43-44H3/q+1/p+1/t19-,21-,22-,23-,24-,25+,26-,27+,28-,29-,30-,31+,34-,35+,38+,39-,40-,41+,42+/m0/s1. The van der Waals surface area contributed by atoms with E-state index < -0.39 is 107 Å². The lowest BCUT2D eigenvalue weighted by atomic mass is 9.33. The Morgan fingerprint density at radius 3 is 1.90 bits per heavy atom. The molecule has 7 aliphatic rings. The predicted molar refractivity (Wildman–Crippen MR) is 202 cm³/mol. The van der Waals surface area contributed by atoms with Crippen molar-refractivity contribution in [3.05, 3.63) is 11.6 Å². The van der Waals surface area contributed by atoms with Gasteiger partial charge in [-0.1, -0.05) is 47.1 Å². The molecule has 60 heavy (non-hydrogen) atoms. The lowest BCUT2D eigenvalue weighted by Crippen LogP contribution is -2.69. The Morgan fingerprint density at radius 1 is 0.717 bits per heavy atom. The second-order valence-corrected chi connectivity index (χ2v) is 20.9. The predicted octanol–water partition coefficient (Wildman–Crippen LogP) is -0.523. The van der Waals surface area contributed by atoms with Crippen LogP contribution in [0.4, 0.5) is 0 Å². The number of hydrogen-bond acceptors (Lipinski definition) is 15. The highest BCUT2D eigenvalue weighted by atomic mass is 16.8. The first kappa shape index (κ1) is 45.4. The van der Waals surface area contributed by atoms with E-state index in [0.717, 1.165) is 37.7 Å². The molecule has 2 saturated heterocycles. The maximum absolute atomic E-state index is 14.9. The van der Waals surface area contributed by atoms with Crippen LogP contribution in [0, 0.1) is 50.2 Å². The zero-order valence-corrected chi connectivity index (χ0v) is 35.7. The Bertz CT molecular complexity index is 1780. The molecule has 19 atom stereocenters. The number of carbonyl (C=O) groups is 4. The third kappa shape index (κ3) is 6.61. The van der Waals surface area contributed by atoms with Gasteiger partial charge in [-0.05, 0) is 110 Å². The molecule has 0 aromatic carbocycles. The van der Waals surface area contributed by atoms with Gasteiger partial charge >= 0.3 is 17.9 Å². The minimum atomic E-state index is -1.98. The van der Waals surface area contributed by atoms with Crippen molar-refractivity contribution < 1.29 is 90.2 Å². The van der Waals surface area contributed by atoms with Gasteiger partial charge in [0.05, 0.1) is 11.5 Å². The summed E-state index contributed by atoms with van der Waals surface area (Å²) in [5, 5.41) is 64.8. The van der Waals surface area contributed by atoms with Crippen LogP contribution in [0.1, 0.15) is 106 Å². The van der Waals surface area contributed by atoms with Gasteiger partial charge in [-0.25, -0.2) is 9.59 Å². The quantitative estimate of drug-likeness (QED) is 0.118. The molecule has 0 amide bonds. The molecule has 0 aromatic rings. The molecule has 0 spiro atoms. The van der Waals surface area contributed by atoms with Crippen molar-refractivity contribution in [2.75, 3.05) is 0 Å². The van der Waals surface area contributed by atoms with E-state index in [1.807, 2.05) is 13.0 Å². The first-order valence-electron chi connectivity index (χ1n) is 21.3. The second kappa shape index (κ2) is 15.3. The average Bonchev–Trinajstić information content (AvgIpc) is 3.19. The molecule has 18 nitrogen and oxygen atoms in total. The van der Waals surface area contributed by atoms with Gasteiger partial charge in [-0.2, -0.15) is 11.8 Å². The normalized spacial score (nSPS) is 51.1. The number of carboxylic acid groups (broad SMARTS) is 1. The minimum Gasteiger partial charge on any atom is -0.481 e. The van der Waals surface area contributed by atoms with Crippen LogP contribution >= 0.6 is 0 Å². The third-order valence-corrected chi connectivity index (χ3v) is 17.5. The van der Waals surface area contributed by atoms with Gasteiger partial charge in [0.2, 0.25) is 0 Å². The number of carboxylic acids is 1. The molecule has 0 unspecified atom stereocenters. The lowest BCUT2D eigenvalue weighted by Gasteiger charge is -2.70. The van der Waals surface area contributed by atoms with Crippen LogP contribution in [0.15, 0.2) is 11.6 Å². The summed E-state index contributed by atoms with van der Waals surface area (Å²) in [6, 6.07) is 0. The van der Waals surface area contributed by atoms with Crippen LogP contribution in [-0.4, -0.2) is 122 Å². The summed E-state index contributed by atoms with van der Waals surface area (Å²) in [6.45, 7) is 15.0. The van der Waals surface area contributed by atoms with Crippen LogP contribution in [0.2, 0.25) is 0 Å². The Morgan fingerprint density at radius 2 is 1.30 bits per heavy atom. The molecule has 338 valence electrons. The number of ketones is 1. The fraction of sp³-hybridized carbons (Fsp3) is 0.857. The van der Waals surface area contributed by atoms with E-state index >= 15 is 0 Å². The van der Waals surface area contributed by atoms with E-state index in [1.165, 1.54) is 0 Å². The summed E-state index contributed by atoms with van der Waals surface area (Å²) in [4.78, 5) is 61.6. The number of carbonyl (C=O) groups excluding carboxylic acids is 3. The Balaban J connectivity index is 1.15. The number of hydrogen-bond donors (Lipinski definition) is 8. The van der Waals surface area contributed by atoms with E-state index in [4.69, 9.17) is 18.9 Å². The van der Waals surface area contributed by atoms with Crippen LogP contribution in [0.25, 0.3) is 0 Å². The van der Waals surface area contributed by atoms with E-state index in [-0.39, 0.29) is 34.4 Å². The highest BCUT2D eigenvalue weighted by Gasteiger charge is 2.71. The van der Waals surface area contributed by atoms with Gasteiger partial charge in [-0.15, -0.1) is 0 Å². The number of fused-ring (bicyclic) bond motifs is 7. The number of aliphatic carboxylic acids is 1. The fourth-order valence-corrected chi connectivity index (χ4v) is 13.5. The Labute approximate surface area is 349 Å². The van der Waals surface area contributed by atoms with Crippen molar-refractivity contribution in [2.24, 2.45) is 50.2 Å². The first-order valence-corrected chi connectivity index (χ1v) is 21.3. The summed E-state index contributed by atoms with van der Waals surface area (Å²) in [6.07, 6.45) is -11.1. The smallest absolute Gasteiger partial charge is 0.397 e. The van der Waals surface area contributed by atoms with Gasteiger partial charge in [0.25, 0.3) is 0 Å².